The van der Waals surface area contributed by atoms with Crippen molar-refractivity contribution < 1.29 is 4.79 Å². The summed E-state index contributed by atoms with van der Waals surface area (Å²) in [4.78, 5) is 16.5. The van der Waals surface area contributed by atoms with E-state index in [9.17, 15) is 4.79 Å². The van der Waals surface area contributed by atoms with Crippen LogP contribution in [0, 0.1) is 6.92 Å². The second-order valence-electron chi connectivity index (χ2n) is 5.18. The zero-order chi connectivity index (χ0) is 15.8. The van der Waals surface area contributed by atoms with Crippen molar-refractivity contribution in [2.24, 2.45) is 0 Å². The van der Waals surface area contributed by atoms with E-state index in [1.54, 1.807) is 0 Å². The molecule has 0 atom stereocenters. The monoisotopic (exact) mass is 291 g/mol. The van der Waals surface area contributed by atoms with E-state index < -0.39 is 0 Å². The number of aryl methyl sites for hydroxylation is 1. The van der Waals surface area contributed by atoms with Crippen LogP contribution in [0.25, 0.3) is 0 Å². The Morgan fingerprint density at radius 3 is 2.14 bits per heavy atom. The van der Waals surface area contributed by atoms with Crippen LogP contribution in [0.15, 0.2) is 18.2 Å². The molecule has 1 aromatic carbocycles. The van der Waals surface area contributed by atoms with Gasteiger partial charge in [0.25, 0.3) is 0 Å². The van der Waals surface area contributed by atoms with Crippen molar-refractivity contribution in [3.8, 4) is 0 Å². The molecule has 0 aliphatic rings. The van der Waals surface area contributed by atoms with Crippen molar-refractivity contribution in [3.63, 3.8) is 0 Å². The van der Waals surface area contributed by atoms with Crippen molar-refractivity contribution in [2.45, 2.75) is 34.6 Å². The van der Waals surface area contributed by atoms with Gasteiger partial charge in [0.15, 0.2) is 0 Å². The van der Waals surface area contributed by atoms with Gasteiger partial charge in [0.1, 0.15) is 0 Å². The predicted molar refractivity (Wildman–Crippen MR) is 91.2 cm³/mol. The van der Waals surface area contributed by atoms with E-state index in [1.807, 2.05) is 13.0 Å². The number of anilines is 2. The van der Waals surface area contributed by atoms with Crippen molar-refractivity contribution in [2.75, 3.05) is 42.9 Å². The molecule has 0 spiro atoms. The molecular formula is C17H29N3O. The van der Waals surface area contributed by atoms with E-state index >= 15 is 0 Å². The first kappa shape index (κ1) is 17.5. The fraction of sp³-hybridized carbons (Fsp3) is 0.588. The summed E-state index contributed by atoms with van der Waals surface area (Å²) in [6, 6.07) is 6.22. The smallest absolute Gasteiger partial charge is 0.238 e. The lowest BCUT2D eigenvalue weighted by molar-refractivity contribution is -0.117. The largest absolute Gasteiger partial charge is 0.372 e. The van der Waals surface area contributed by atoms with Crippen LogP contribution in [0.3, 0.4) is 0 Å². The zero-order valence-corrected chi connectivity index (χ0v) is 14.1. The molecule has 1 N–H and O–H groups in total. The molecule has 0 radical (unpaired) electrons. The molecule has 1 aromatic rings. The molecule has 4 nitrogen and oxygen atoms in total. The lowest BCUT2D eigenvalue weighted by Crippen LogP contribution is -2.33. The zero-order valence-electron chi connectivity index (χ0n) is 14.1. The van der Waals surface area contributed by atoms with Crippen molar-refractivity contribution >= 4 is 17.3 Å². The Kier molecular flexibility index (Phi) is 7.23. The minimum absolute atomic E-state index is 0.0531. The highest BCUT2D eigenvalue weighted by Crippen LogP contribution is 2.22. The van der Waals surface area contributed by atoms with Gasteiger partial charge in [-0.15, -0.1) is 0 Å². The van der Waals surface area contributed by atoms with Gasteiger partial charge in [-0.3, -0.25) is 9.69 Å². The Bertz CT molecular complexity index is 451. The highest BCUT2D eigenvalue weighted by Gasteiger charge is 2.10. The molecule has 0 aromatic heterocycles. The van der Waals surface area contributed by atoms with Gasteiger partial charge in [0.05, 0.1) is 6.54 Å². The minimum atomic E-state index is 0.0531. The Labute approximate surface area is 129 Å². The standard InChI is InChI=1S/C17H29N3O/c1-6-19(7-2)13-17(21)18-16-11-10-15(12-14(16)5)20(8-3)9-4/h10-12H,6-9,13H2,1-5H3,(H,18,21). The SMILES string of the molecule is CCN(CC)CC(=O)Nc1ccc(N(CC)CC)cc1C. The molecule has 0 bridgehead atoms. The van der Waals surface area contributed by atoms with E-state index in [0.29, 0.717) is 6.54 Å². The van der Waals surface area contributed by atoms with Crippen LogP contribution in [0.4, 0.5) is 11.4 Å². The van der Waals surface area contributed by atoms with E-state index in [0.717, 1.165) is 37.4 Å². The number of nitrogens with zero attached hydrogens (tertiary/aromatic N) is 2. The van der Waals surface area contributed by atoms with Gasteiger partial charge >= 0.3 is 0 Å². The molecule has 0 unspecified atom stereocenters. The van der Waals surface area contributed by atoms with Crippen LogP contribution in [0.2, 0.25) is 0 Å². The van der Waals surface area contributed by atoms with Crippen LogP contribution in [0.1, 0.15) is 33.3 Å². The van der Waals surface area contributed by atoms with Gasteiger partial charge in [-0.2, -0.15) is 0 Å². The number of rotatable bonds is 8. The quantitative estimate of drug-likeness (QED) is 0.799. The van der Waals surface area contributed by atoms with Crippen LogP contribution >= 0.6 is 0 Å². The number of likely N-dealkylation sites (N-methyl/N-ethyl adjacent to an activating group) is 1. The van der Waals surface area contributed by atoms with Crippen LogP contribution in [0.5, 0.6) is 0 Å². The van der Waals surface area contributed by atoms with Gasteiger partial charge in [-0.1, -0.05) is 13.8 Å². The van der Waals surface area contributed by atoms with Crippen LogP contribution < -0.4 is 10.2 Å². The number of amides is 1. The number of hydrogen-bond donors (Lipinski definition) is 1. The molecule has 0 aliphatic carbocycles. The average molecular weight is 291 g/mol. The molecule has 4 heteroatoms. The van der Waals surface area contributed by atoms with E-state index in [-0.39, 0.29) is 5.91 Å². The highest BCUT2D eigenvalue weighted by molar-refractivity contribution is 5.93. The number of nitrogens with one attached hydrogen (secondary N) is 1. The molecule has 21 heavy (non-hydrogen) atoms. The third kappa shape index (κ3) is 5.05. The van der Waals surface area contributed by atoms with Gasteiger partial charge < -0.3 is 10.2 Å². The number of carbonyl (C=O) groups is 1. The predicted octanol–water partition coefficient (Wildman–Crippen LogP) is 3.12. The van der Waals surface area contributed by atoms with Gasteiger partial charge in [0.2, 0.25) is 5.91 Å². The minimum Gasteiger partial charge on any atom is -0.372 e. The Morgan fingerprint density at radius 2 is 1.67 bits per heavy atom. The lowest BCUT2D eigenvalue weighted by Gasteiger charge is -2.22. The Balaban J connectivity index is 2.74. The second kappa shape index (κ2) is 8.67. The van der Waals surface area contributed by atoms with E-state index in [1.165, 1.54) is 5.69 Å². The fourth-order valence-electron chi connectivity index (χ4n) is 2.41. The summed E-state index contributed by atoms with van der Waals surface area (Å²) >= 11 is 0. The van der Waals surface area contributed by atoms with Crippen molar-refractivity contribution in [1.29, 1.82) is 0 Å². The van der Waals surface area contributed by atoms with Gasteiger partial charge in [-0.05, 0) is 57.6 Å². The van der Waals surface area contributed by atoms with Gasteiger partial charge in [-0.25, -0.2) is 0 Å². The molecule has 0 aliphatic heterocycles. The Hall–Kier alpha value is -1.55. The van der Waals surface area contributed by atoms with E-state index in [4.69, 9.17) is 0 Å². The Morgan fingerprint density at radius 1 is 1.05 bits per heavy atom. The topological polar surface area (TPSA) is 35.6 Å². The van der Waals surface area contributed by atoms with Crippen LogP contribution in [-0.4, -0.2) is 43.5 Å². The maximum absolute atomic E-state index is 12.1. The summed E-state index contributed by atoms with van der Waals surface area (Å²) in [5.41, 5.74) is 3.22. The van der Waals surface area contributed by atoms with E-state index in [2.05, 4.69) is 54.9 Å². The van der Waals surface area contributed by atoms with Crippen molar-refractivity contribution in [1.82, 2.24) is 4.90 Å². The molecule has 0 heterocycles. The first-order chi connectivity index (χ1) is 10.0. The summed E-state index contributed by atoms with van der Waals surface area (Å²) in [7, 11) is 0. The molecule has 1 amide bonds. The molecular weight excluding hydrogens is 262 g/mol. The highest BCUT2D eigenvalue weighted by atomic mass is 16.2. The summed E-state index contributed by atoms with van der Waals surface area (Å²) in [5.74, 6) is 0.0531. The first-order valence-corrected chi connectivity index (χ1v) is 7.93. The normalized spacial score (nSPS) is 10.8. The maximum Gasteiger partial charge on any atom is 0.238 e. The lowest BCUT2D eigenvalue weighted by atomic mass is 10.1. The second-order valence-corrected chi connectivity index (χ2v) is 5.18. The van der Waals surface area contributed by atoms with Crippen LogP contribution in [-0.2, 0) is 4.79 Å². The average Bonchev–Trinajstić information content (AvgIpc) is 2.48. The molecule has 118 valence electrons. The summed E-state index contributed by atoms with van der Waals surface area (Å²) in [6.45, 7) is 14.7. The van der Waals surface area contributed by atoms with Crippen molar-refractivity contribution in [3.05, 3.63) is 23.8 Å². The molecule has 0 fully saturated rings. The molecule has 1 rings (SSSR count). The molecule has 0 saturated carbocycles. The number of hydrogen-bond acceptors (Lipinski definition) is 3. The summed E-state index contributed by atoms with van der Waals surface area (Å²) in [6.07, 6.45) is 0. The maximum atomic E-state index is 12.1. The number of carbonyl (C=O) groups excluding carboxylic acids is 1. The first-order valence-electron chi connectivity index (χ1n) is 7.93. The third-order valence-electron chi connectivity index (χ3n) is 3.87. The molecule has 0 saturated heterocycles. The fourth-order valence-corrected chi connectivity index (χ4v) is 2.41. The summed E-state index contributed by atoms with van der Waals surface area (Å²) in [5, 5.41) is 3.01. The summed E-state index contributed by atoms with van der Waals surface area (Å²) < 4.78 is 0. The van der Waals surface area contributed by atoms with Gasteiger partial charge in [0, 0.05) is 24.5 Å². The third-order valence-corrected chi connectivity index (χ3v) is 3.87. The number of benzene rings is 1.